The number of para-hydroxylation sites is 1. The molecule has 30 heavy (non-hydrogen) atoms. The van der Waals surface area contributed by atoms with Crippen molar-refractivity contribution < 1.29 is 29.2 Å². The largest absolute Gasteiger partial charge is 0.508 e. The Hall–Kier alpha value is -3.87. The number of phenols is 2. The van der Waals surface area contributed by atoms with Gasteiger partial charge in [-0.2, -0.15) is 0 Å². The lowest BCUT2D eigenvalue weighted by atomic mass is 10.1. The van der Waals surface area contributed by atoms with Gasteiger partial charge in [0.1, 0.15) is 28.6 Å². The minimum atomic E-state index is -0.410. The summed E-state index contributed by atoms with van der Waals surface area (Å²) in [7, 11) is 3.12. The van der Waals surface area contributed by atoms with Crippen molar-refractivity contribution in [1.82, 2.24) is 4.90 Å². The van der Waals surface area contributed by atoms with Crippen LogP contribution in [0.1, 0.15) is 21.5 Å². The molecule has 1 aliphatic rings. The Labute approximate surface area is 173 Å². The second-order valence-electron chi connectivity index (χ2n) is 6.89. The van der Waals surface area contributed by atoms with Crippen LogP contribution in [0, 0.1) is 0 Å². The number of hydrogen-bond acceptors (Lipinski definition) is 6. The fraction of sp³-hybridized carbons (Fsp3) is 0.174. The molecule has 0 atom stereocenters. The smallest absolute Gasteiger partial charge is 0.262 e. The number of methoxy groups -OCH3 is 2. The van der Waals surface area contributed by atoms with E-state index in [1.54, 1.807) is 43.4 Å². The average molecular weight is 407 g/mol. The number of rotatable bonds is 5. The normalized spacial score (nSPS) is 12.4. The second-order valence-corrected chi connectivity index (χ2v) is 6.89. The number of ether oxygens (including phenoxy) is 3. The molecule has 0 aromatic heterocycles. The maximum absolute atomic E-state index is 13.3. The Morgan fingerprint density at radius 2 is 1.47 bits per heavy atom. The molecular weight excluding hydrogens is 386 g/mol. The number of fused-ring (bicyclic) bond motifs is 1. The third-order valence-corrected chi connectivity index (χ3v) is 4.97. The average Bonchev–Trinajstić information content (AvgIpc) is 3.15. The highest BCUT2D eigenvalue weighted by Crippen LogP contribution is 2.39. The highest BCUT2D eigenvalue weighted by atomic mass is 16.5. The quantitative estimate of drug-likeness (QED) is 0.663. The van der Waals surface area contributed by atoms with Gasteiger partial charge in [0.15, 0.2) is 11.5 Å². The fourth-order valence-corrected chi connectivity index (χ4v) is 3.52. The molecule has 0 bridgehead atoms. The van der Waals surface area contributed by atoms with Gasteiger partial charge in [-0.05, 0) is 35.4 Å². The van der Waals surface area contributed by atoms with E-state index in [-0.39, 0.29) is 22.8 Å². The molecule has 1 amide bonds. The maximum Gasteiger partial charge on any atom is 0.262 e. The third-order valence-electron chi connectivity index (χ3n) is 4.97. The first-order chi connectivity index (χ1) is 14.5. The van der Waals surface area contributed by atoms with Crippen LogP contribution in [0.4, 0.5) is 0 Å². The van der Waals surface area contributed by atoms with Gasteiger partial charge in [-0.25, -0.2) is 0 Å². The Balaban J connectivity index is 1.66. The van der Waals surface area contributed by atoms with Gasteiger partial charge in [-0.15, -0.1) is 0 Å². The van der Waals surface area contributed by atoms with Crippen molar-refractivity contribution in [2.24, 2.45) is 0 Å². The fourth-order valence-electron chi connectivity index (χ4n) is 3.52. The van der Waals surface area contributed by atoms with Crippen LogP contribution in [-0.4, -0.2) is 35.2 Å². The number of hydrogen-bond donors (Lipinski definition) is 2. The summed E-state index contributed by atoms with van der Waals surface area (Å²) in [5.41, 5.74) is 1.86. The number of carbonyl (C=O) groups is 1. The number of amides is 1. The lowest BCUT2D eigenvalue weighted by Gasteiger charge is -2.19. The van der Waals surface area contributed by atoms with Gasteiger partial charge >= 0.3 is 0 Å². The van der Waals surface area contributed by atoms with Gasteiger partial charge in [-0.1, -0.05) is 18.2 Å². The summed E-state index contributed by atoms with van der Waals surface area (Å²) in [6, 6.07) is 15.0. The van der Waals surface area contributed by atoms with Gasteiger partial charge in [0.2, 0.25) is 0 Å². The van der Waals surface area contributed by atoms with Crippen LogP contribution in [0.3, 0.4) is 0 Å². The molecule has 1 aliphatic heterocycles. The first-order valence-corrected chi connectivity index (χ1v) is 9.32. The molecule has 154 valence electrons. The van der Waals surface area contributed by atoms with Crippen molar-refractivity contribution in [2.45, 2.75) is 13.1 Å². The van der Waals surface area contributed by atoms with E-state index in [2.05, 4.69) is 0 Å². The summed E-state index contributed by atoms with van der Waals surface area (Å²) in [5.74, 6) is 0.779. The number of aromatic hydroxyl groups is 2. The molecule has 0 unspecified atom stereocenters. The van der Waals surface area contributed by atoms with E-state index in [1.165, 1.54) is 6.07 Å². The van der Waals surface area contributed by atoms with Crippen molar-refractivity contribution in [3.63, 3.8) is 0 Å². The molecule has 7 nitrogen and oxygen atoms in total. The number of phenolic OH excluding ortho intramolecular Hbond substituents is 2. The van der Waals surface area contributed by atoms with Crippen molar-refractivity contribution in [3.05, 3.63) is 71.3 Å². The molecule has 1 heterocycles. The van der Waals surface area contributed by atoms with Crippen molar-refractivity contribution in [1.29, 1.82) is 0 Å². The van der Waals surface area contributed by atoms with E-state index < -0.39 is 5.91 Å². The highest BCUT2D eigenvalue weighted by molar-refractivity contribution is 6.00. The molecule has 0 fully saturated rings. The number of benzene rings is 3. The lowest BCUT2D eigenvalue weighted by Crippen LogP contribution is -2.25. The van der Waals surface area contributed by atoms with E-state index in [9.17, 15) is 15.0 Å². The zero-order valence-corrected chi connectivity index (χ0v) is 16.6. The molecule has 0 aliphatic carbocycles. The first kappa shape index (κ1) is 19.4. The van der Waals surface area contributed by atoms with Crippen LogP contribution in [0.2, 0.25) is 0 Å². The monoisotopic (exact) mass is 407 g/mol. The highest BCUT2D eigenvalue weighted by Gasteiger charge is 2.30. The number of nitrogens with zero attached hydrogens (tertiary/aromatic N) is 1. The van der Waals surface area contributed by atoms with E-state index >= 15 is 0 Å². The molecule has 7 heteroatoms. The predicted molar refractivity (Wildman–Crippen MR) is 109 cm³/mol. The summed E-state index contributed by atoms with van der Waals surface area (Å²) >= 11 is 0. The van der Waals surface area contributed by atoms with Crippen molar-refractivity contribution in [3.8, 4) is 34.5 Å². The molecule has 2 N–H and O–H groups in total. The van der Waals surface area contributed by atoms with Gasteiger partial charge in [0, 0.05) is 25.2 Å². The topological polar surface area (TPSA) is 88.5 Å². The Morgan fingerprint density at radius 3 is 2.03 bits per heavy atom. The summed E-state index contributed by atoms with van der Waals surface area (Å²) in [6.07, 6.45) is 0. The summed E-state index contributed by atoms with van der Waals surface area (Å²) < 4.78 is 16.5. The van der Waals surface area contributed by atoms with Crippen LogP contribution in [0.5, 0.6) is 34.5 Å². The molecule has 0 saturated heterocycles. The molecule has 0 spiro atoms. The zero-order chi connectivity index (χ0) is 21.3. The van der Waals surface area contributed by atoms with Crippen LogP contribution < -0.4 is 14.2 Å². The zero-order valence-electron chi connectivity index (χ0n) is 16.6. The molecule has 0 radical (unpaired) electrons. The Kier molecular flexibility index (Phi) is 5.10. The molecule has 3 aromatic carbocycles. The standard InChI is InChI=1S/C23H21NO6/c1-28-19-8-14-12-24(13-15(14)9-20(19)29-2)23(27)22-18(26)10-16(25)11-21(22)30-17-6-4-3-5-7-17/h3-11,25-26H,12-13H2,1-2H3. The van der Waals surface area contributed by atoms with E-state index in [0.717, 1.165) is 17.2 Å². The van der Waals surface area contributed by atoms with E-state index in [4.69, 9.17) is 14.2 Å². The molecule has 3 aromatic rings. The maximum atomic E-state index is 13.3. The first-order valence-electron chi connectivity index (χ1n) is 9.32. The van der Waals surface area contributed by atoms with Crippen molar-refractivity contribution >= 4 is 5.91 Å². The van der Waals surface area contributed by atoms with Gasteiger partial charge in [-0.3, -0.25) is 4.79 Å². The Bertz CT molecular complexity index is 1060. The van der Waals surface area contributed by atoms with Crippen LogP contribution in [0.15, 0.2) is 54.6 Å². The van der Waals surface area contributed by atoms with Crippen LogP contribution >= 0.6 is 0 Å². The summed E-state index contributed by atoms with van der Waals surface area (Å²) in [6.45, 7) is 0.694. The SMILES string of the molecule is COc1cc2c(cc1OC)CN(C(=O)c1c(O)cc(O)cc1Oc1ccccc1)C2. The van der Waals surface area contributed by atoms with E-state index in [1.807, 2.05) is 18.2 Å². The van der Waals surface area contributed by atoms with E-state index in [0.29, 0.717) is 30.3 Å². The molecule has 4 rings (SSSR count). The summed E-state index contributed by atoms with van der Waals surface area (Å²) in [5, 5.41) is 20.3. The predicted octanol–water partition coefficient (Wildman–Crippen LogP) is 4.06. The summed E-state index contributed by atoms with van der Waals surface area (Å²) in [4.78, 5) is 14.9. The van der Waals surface area contributed by atoms with Crippen LogP contribution in [0.25, 0.3) is 0 Å². The van der Waals surface area contributed by atoms with Gasteiger partial charge < -0.3 is 29.3 Å². The lowest BCUT2D eigenvalue weighted by molar-refractivity contribution is 0.0745. The van der Waals surface area contributed by atoms with Gasteiger partial charge in [0.05, 0.1) is 14.2 Å². The Morgan fingerprint density at radius 1 is 0.867 bits per heavy atom. The third kappa shape index (κ3) is 3.57. The molecule has 0 saturated carbocycles. The van der Waals surface area contributed by atoms with Crippen LogP contribution in [-0.2, 0) is 13.1 Å². The minimum Gasteiger partial charge on any atom is -0.508 e. The number of carbonyl (C=O) groups excluding carboxylic acids is 1. The molecular formula is C23H21NO6. The second kappa shape index (κ2) is 7.87. The minimum absolute atomic E-state index is 0.0108. The van der Waals surface area contributed by atoms with Gasteiger partial charge in [0.25, 0.3) is 5.91 Å². The van der Waals surface area contributed by atoms with Crippen molar-refractivity contribution in [2.75, 3.05) is 14.2 Å².